The van der Waals surface area contributed by atoms with E-state index in [1.807, 2.05) is 4.90 Å². The molecule has 1 aromatic heterocycles. The van der Waals surface area contributed by atoms with Crippen LogP contribution in [0, 0.1) is 10.1 Å². The Morgan fingerprint density at radius 3 is 2.71 bits per heavy atom. The maximum atomic E-state index is 11.4. The number of aromatic nitrogens is 2. The average Bonchev–Trinajstić information content (AvgIpc) is 3.00. The molecular weight excluding hydrogens is 278 g/mol. The third-order valence-corrected chi connectivity index (χ3v) is 3.33. The summed E-state index contributed by atoms with van der Waals surface area (Å²) in [5.74, 6) is -0.0744. The van der Waals surface area contributed by atoms with Crippen molar-refractivity contribution >= 4 is 23.3 Å². The zero-order chi connectivity index (χ0) is 15.4. The van der Waals surface area contributed by atoms with Gasteiger partial charge in [0.05, 0.1) is 12.0 Å². The molecule has 1 aliphatic heterocycles. The highest BCUT2D eigenvalue weighted by Gasteiger charge is 2.30. The minimum Gasteiger partial charge on any atom is -0.468 e. The van der Waals surface area contributed by atoms with E-state index in [1.54, 1.807) is 7.05 Å². The van der Waals surface area contributed by atoms with E-state index in [9.17, 15) is 14.9 Å². The highest BCUT2D eigenvalue weighted by molar-refractivity contribution is 5.78. The van der Waals surface area contributed by atoms with E-state index in [0.717, 1.165) is 25.9 Å². The molecular formula is C12H17N5O4. The number of hydrogen-bond acceptors (Lipinski definition) is 8. The van der Waals surface area contributed by atoms with E-state index < -0.39 is 10.9 Å². The number of rotatable bonds is 5. The van der Waals surface area contributed by atoms with Crippen LogP contribution in [0.5, 0.6) is 0 Å². The van der Waals surface area contributed by atoms with Crippen molar-refractivity contribution in [3.8, 4) is 0 Å². The van der Waals surface area contributed by atoms with Gasteiger partial charge in [0.15, 0.2) is 0 Å². The van der Waals surface area contributed by atoms with Crippen molar-refractivity contribution in [3.63, 3.8) is 0 Å². The molecule has 0 saturated carbocycles. The molecule has 0 radical (unpaired) electrons. The minimum absolute atomic E-state index is 0.113. The molecule has 1 saturated heterocycles. The maximum absolute atomic E-state index is 11.4. The third-order valence-electron chi connectivity index (χ3n) is 3.33. The number of hydrogen-bond donors (Lipinski definition) is 0. The molecule has 0 atom stereocenters. The lowest BCUT2D eigenvalue weighted by molar-refractivity contribution is -0.383. The highest BCUT2D eigenvalue weighted by atomic mass is 16.6. The molecule has 0 aliphatic carbocycles. The molecule has 2 rings (SSSR count). The number of nitro groups is 1. The van der Waals surface area contributed by atoms with Crippen molar-refractivity contribution in [3.05, 3.63) is 16.4 Å². The number of anilines is 2. The molecule has 0 bridgehead atoms. The molecule has 1 aliphatic rings. The average molecular weight is 295 g/mol. The molecule has 21 heavy (non-hydrogen) atoms. The Kier molecular flexibility index (Phi) is 4.51. The largest absolute Gasteiger partial charge is 0.468 e. The predicted molar refractivity (Wildman–Crippen MR) is 75.4 cm³/mol. The number of nitrogens with zero attached hydrogens (tertiary/aromatic N) is 5. The van der Waals surface area contributed by atoms with Crippen LogP contribution in [0.1, 0.15) is 12.8 Å². The van der Waals surface area contributed by atoms with Crippen LogP contribution in [0.25, 0.3) is 0 Å². The van der Waals surface area contributed by atoms with Gasteiger partial charge in [-0.25, -0.2) is 9.97 Å². The van der Waals surface area contributed by atoms with Crippen LogP contribution >= 0.6 is 0 Å². The van der Waals surface area contributed by atoms with Gasteiger partial charge < -0.3 is 14.5 Å². The van der Waals surface area contributed by atoms with Crippen molar-refractivity contribution in [2.75, 3.05) is 43.6 Å². The number of ether oxygens (including phenoxy) is 1. The first-order chi connectivity index (χ1) is 10.0. The van der Waals surface area contributed by atoms with Crippen LogP contribution in [0.2, 0.25) is 0 Å². The molecule has 0 N–H and O–H groups in total. The Bertz CT molecular complexity index is 544. The zero-order valence-electron chi connectivity index (χ0n) is 12.0. The van der Waals surface area contributed by atoms with Gasteiger partial charge in [-0.1, -0.05) is 0 Å². The van der Waals surface area contributed by atoms with Crippen molar-refractivity contribution in [1.82, 2.24) is 9.97 Å². The summed E-state index contributed by atoms with van der Waals surface area (Å²) in [5, 5.41) is 11.4. The molecule has 2 heterocycles. The first kappa shape index (κ1) is 14.9. The van der Waals surface area contributed by atoms with Crippen molar-refractivity contribution in [2.45, 2.75) is 12.8 Å². The second kappa shape index (κ2) is 6.33. The first-order valence-corrected chi connectivity index (χ1v) is 6.57. The lowest BCUT2D eigenvalue weighted by atomic mass is 10.3. The first-order valence-electron chi connectivity index (χ1n) is 6.57. The summed E-state index contributed by atoms with van der Waals surface area (Å²) in [6.07, 6.45) is 3.24. The molecule has 0 amide bonds. The number of esters is 1. The number of carbonyl (C=O) groups excluding carboxylic acids is 1. The number of methoxy groups -OCH3 is 1. The maximum Gasteiger partial charge on any atom is 0.353 e. The van der Waals surface area contributed by atoms with Gasteiger partial charge in [-0.2, -0.15) is 0 Å². The molecule has 114 valence electrons. The fourth-order valence-corrected chi connectivity index (χ4v) is 2.30. The lowest BCUT2D eigenvalue weighted by Gasteiger charge is -2.20. The SMILES string of the molecule is COC(=O)CN(C)c1ncnc(N2CCCC2)c1[N+](=O)[O-]. The molecule has 1 aromatic rings. The van der Waals surface area contributed by atoms with E-state index in [-0.39, 0.29) is 18.1 Å². The van der Waals surface area contributed by atoms with Gasteiger partial charge in [-0.05, 0) is 12.8 Å². The second-order valence-electron chi connectivity index (χ2n) is 4.75. The Labute approximate surface area is 121 Å². The van der Waals surface area contributed by atoms with Gasteiger partial charge in [0.2, 0.25) is 11.6 Å². The summed E-state index contributed by atoms with van der Waals surface area (Å²) >= 11 is 0. The third kappa shape index (κ3) is 3.18. The van der Waals surface area contributed by atoms with Crippen LogP contribution in [-0.4, -0.2) is 54.7 Å². The van der Waals surface area contributed by atoms with Gasteiger partial charge >= 0.3 is 11.7 Å². The normalized spacial score (nSPS) is 14.1. The van der Waals surface area contributed by atoms with Crippen molar-refractivity contribution in [2.24, 2.45) is 0 Å². The smallest absolute Gasteiger partial charge is 0.353 e. The van der Waals surface area contributed by atoms with Crippen LogP contribution in [0.3, 0.4) is 0 Å². The van der Waals surface area contributed by atoms with Gasteiger partial charge in [0.25, 0.3) is 0 Å². The van der Waals surface area contributed by atoms with E-state index in [4.69, 9.17) is 0 Å². The van der Waals surface area contributed by atoms with Crippen LogP contribution < -0.4 is 9.80 Å². The highest BCUT2D eigenvalue weighted by Crippen LogP contribution is 2.34. The van der Waals surface area contributed by atoms with E-state index in [2.05, 4.69) is 14.7 Å². The predicted octanol–water partition coefficient (Wildman–Crippen LogP) is 0.594. The standard InChI is InChI=1S/C12H17N5O4/c1-15(7-9(18)21-2)11-10(17(19)20)12(14-8-13-11)16-5-3-4-6-16/h8H,3-7H2,1-2H3. The quantitative estimate of drug-likeness (QED) is 0.442. The number of carbonyl (C=O) groups is 1. The second-order valence-corrected chi connectivity index (χ2v) is 4.75. The zero-order valence-corrected chi connectivity index (χ0v) is 12.0. The fourth-order valence-electron chi connectivity index (χ4n) is 2.30. The molecule has 1 fully saturated rings. The topological polar surface area (TPSA) is 102 Å². The summed E-state index contributed by atoms with van der Waals surface area (Å²) in [6.45, 7) is 1.35. The van der Waals surface area contributed by atoms with Gasteiger partial charge in [0.1, 0.15) is 12.9 Å². The van der Waals surface area contributed by atoms with E-state index in [0.29, 0.717) is 5.82 Å². The molecule has 0 unspecified atom stereocenters. The van der Waals surface area contributed by atoms with Crippen molar-refractivity contribution in [1.29, 1.82) is 0 Å². The van der Waals surface area contributed by atoms with Crippen LogP contribution in [0.15, 0.2) is 6.33 Å². The van der Waals surface area contributed by atoms with Gasteiger partial charge in [-0.15, -0.1) is 0 Å². The number of likely N-dealkylation sites (N-methyl/N-ethyl adjacent to an activating group) is 1. The summed E-state index contributed by atoms with van der Waals surface area (Å²) in [4.78, 5) is 33.5. The Morgan fingerprint density at radius 2 is 2.14 bits per heavy atom. The monoisotopic (exact) mass is 295 g/mol. The Hall–Kier alpha value is -2.45. The molecule has 9 nitrogen and oxygen atoms in total. The van der Waals surface area contributed by atoms with Gasteiger partial charge in [-0.3, -0.25) is 14.9 Å². The summed E-state index contributed by atoms with van der Waals surface area (Å²) < 4.78 is 4.57. The summed E-state index contributed by atoms with van der Waals surface area (Å²) in [6, 6.07) is 0. The van der Waals surface area contributed by atoms with E-state index in [1.165, 1.54) is 18.3 Å². The molecule has 9 heteroatoms. The minimum atomic E-state index is -0.503. The van der Waals surface area contributed by atoms with Crippen LogP contribution in [0.4, 0.5) is 17.3 Å². The summed E-state index contributed by atoms with van der Waals surface area (Å²) in [7, 11) is 2.82. The Balaban J connectivity index is 2.38. The molecule has 0 spiro atoms. The lowest BCUT2D eigenvalue weighted by Crippen LogP contribution is -2.29. The molecule has 0 aromatic carbocycles. The van der Waals surface area contributed by atoms with Crippen LogP contribution in [-0.2, 0) is 9.53 Å². The Morgan fingerprint density at radius 1 is 1.48 bits per heavy atom. The van der Waals surface area contributed by atoms with Crippen molar-refractivity contribution < 1.29 is 14.5 Å². The summed E-state index contributed by atoms with van der Waals surface area (Å²) in [5.41, 5.74) is -0.175. The van der Waals surface area contributed by atoms with Gasteiger partial charge in [0, 0.05) is 20.1 Å². The fraction of sp³-hybridized carbons (Fsp3) is 0.583. The van der Waals surface area contributed by atoms with E-state index >= 15 is 0 Å².